The number of carbonyl (C=O) groups excluding carboxylic acids is 2. The van der Waals surface area contributed by atoms with Gasteiger partial charge in [0.05, 0.1) is 4.90 Å². The van der Waals surface area contributed by atoms with Crippen LogP contribution in [0.25, 0.3) is 0 Å². The van der Waals surface area contributed by atoms with Crippen LogP contribution in [-0.2, 0) is 15.8 Å². The van der Waals surface area contributed by atoms with E-state index >= 15 is 0 Å². The number of nitrogens with one attached hydrogen (secondary N) is 3. The van der Waals surface area contributed by atoms with Crippen LogP contribution >= 0.6 is 0 Å². The average Bonchev–Trinajstić information content (AvgIpc) is 2.79. The number of carbonyl (C=O) groups is 2. The van der Waals surface area contributed by atoms with Crippen molar-refractivity contribution in [3.63, 3.8) is 0 Å². The molecule has 0 spiro atoms. The zero-order valence-corrected chi connectivity index (χ0v) is 20.8. The smallest absolute Gasteiger partial charge is 0.251 e. The van der Waals surface area contributed by atoms with Crippen molar-refractivity contribution in [2.75, 3.05) is 5.32 Å². The molecule has 2 unspecified atom stereocenters. The van der Waals surface area contributed by atoms with Gasteiger partial charge >= 0.3 is 0 Å². The van der Waals surface area contributed by atoms with E-state index in [-0.39, 0.29) is 11.4 Å². The van der Waals surface area contributed by atoms with E-state index in [0.29, 0.717) is 28.5 Å². The molecule has 34 heavy (non-hydrogen) atoms. The zero-order valence-electron chi connectivity index (χ0n) is 20.0. The quantitative estimate of drug-likeness (QED) is 0.493. The highest BCUT2D eigenvalue weighted by molar-refractivity contribution is 7.83. The molecule has 2 atom stereocenters. The topological polar surface area (TPSA) is 87.3 Å². The summed E-state index contributed by atoms with van der Waals surface area (Å²) in [6, 6.07) is 11.4. The summed E-state index contributed by atoms with van der Waals surface area (Å²) in [5, 5.41) is 5.72. The van der Waals surface area contributed by atoms with Crippen molar-refractivity contribution in [3.8, 4) is 0 Å². The zero-order chi connectivity index (χ0) is 24.7. The predicted molar refractivity (Wildman–Crippen MR) is 133 cm³/mol. The van der Waals surface area contributed by atoms with E-state index in [2.05, 4.69) is 15.4 Å². The van der Waals surface area contributed by atoms with E-state index in [1.165, 1.54) is 30.7 Å². The van der Waals surface area contributed by atoms with Gasteiger partial charge in [-0.15, -0.1) is 0 Å². The van der Waals surface area contributed by atoms with Gasteiger partial charge in [-0.05, 0) is 81.6 Å². The minimum atomic E-state index is -1.36. The van der Waals surface area contributed by atoms with Crippen LogP contribution in [0.15, 0.2) is 53.4 Å². The number of anilines is 1. The molecule has 8 heteroatoms. The molecule has 1 aliphatic carbocycles. The number of hydrogen-bond acceptors (Lipinski definition) is 3. The van der Waals surface area contributed by atoms with Gasteiger partial charge in [0.25, 0.3) is 5.91 Å². The first-order chi connectivity index (χ1) is 16.1. The summed E-state index contributed by atoms with van der Waals surface area (Å²) in [5.41, 5.74) is 0.569. The summed E-state index contributed by atoms with van der Waals surface area (Å²) in [6.45, 7) is 5.81. The van der Waals surface area contributed by atoms with Gasteiger partial charge in [-0.3, -0.25) is 9.59 Å². The molecule has 3 rings (SSSR count). The minimum Gasteiger partial charge on any atom is -0.340 e. The van der Waals surface area contributed by atoms with Crippen molar-refractivity contribution < 1.29 is 18.2 Å². The van der Waals surface area contributed by atoms with E-state index in [1.54, 1.807) is 24.3 Å². The Labute approximate surface area is 203 Å². The van der Waals surface area contributed by atoms with E-state index in [1.807, 2.05) is 20.8 Å². The van der Waals surface area contributed by atoms with E-state index < -0.39 is 28.8 Å². The first-order valence-corrected chi connectivity index (χ1v) is 12.9. The third-order valence-corrected chi connectivity index (χ3v) is 7.25. The maximum Gasteiger partial charge on any atom is 0.251 e. The Morgan fingerprint density at radius 2 is 1.62 bits per heavy atom. The fourth-order valence-corrected chi connectivity index (χ4v) is 5.12. The lowest BCUT2D eigenvalue weighted by molar-refractivity contribution is -0.118. The lowest BCUT2D eigenvalue weighted by Gasteiger charge is -2.26. The molecule has 2 aromatic rings. The van der Waals surface area contributed by atoms with Crippen LogP contribution in [0.4, 0.5) is 10.1 Å². The Kier molecular flexibility index (Phi) is 8.97. The Morgan fingerprint density at radius 1 is 1.00 bits per heavy atom. The molecule has 184 valence electrons. The van der Waals surface area contributed by atoms with Gasteiger partial charge in [0.15, 0.2) is 0 Å². The average molecular weight is 488 g/mol. The van der Waals surface area contributed by atoms with Crippen molar-refractivity contribution in [1.82, 2.24) is 10.0 Å². The fraction of sp³-hybridized carbons (Fsp3) is 0.462. The van der Waals surface area contributed by atoms with Gasteiger partial charge in [-0.1, -0.05) is 32.1 Å². The molecule has 2 amide bonds. The van der Waals surface area contributed by atoms with Crippen molar-refractivity contribution in [1.29, 1.82) is 0 Å². The van der Waals surface area contributed by atoms with Gasteiger partial charge in [0, 0.05) is 16.8 Å². The molecule has 0 heterocycles. The molecule has 0 saturated heterocycles. The van der Waals surface area contributed by atoms with Crippen molar-refractivity contribution in [3.05, 3.63) is 59.9 Å². The Bertz CT molecular complexity index is 997. The molecule has 3 N–H and O–H groups in total. The minimum absolute atomic E-state index is 0.299. The van der Waals surface area contributed by atoms with E-state index in [0.717, 1.165) is 25.7 Å². The van der Waals surface area contributed by atoms with E-state index in [9.17, 15) is 18.2 Å². The van der Waals surface area contributed by atoms with Gasteiger partial charge in [0.2, 0.25) is 5.91 Å². The summed E-state index contributed by atoms with van der Waals surface area (Å²) in [7, 11) is -1.36. The highest BCUT2D eigenvalue weighted by atomic mass is 32.2. The molecule has 6 nitrogen and oxygen atoms in total. The highest BCUT2D eigenvalue weighted by Crippen LogP contribution is 2.28. The number of benzene rings is 2. The number of hydrogen-bond donors (Lipinski definition) is 3. The molecule has 0 radical (unpaired) electrons. The SMILES string of the molecule is CC(C)(C)NS(=O)c1ccc(NC(=O)C(CC2CCCCC2)NC(=O)c2ccc(F)cc2)cc1. The summed E-state index contributed by atoms with van der Waals surface area (Å²) in [5.74, 6) is -0.765. The largest absolute Gasteiger partial charge is 0.340 e. The number of rotatable bonds is 8. The summed E-state index contributed by atoms with van der Waals surface area (Å²) in [4.78, 5) is 26.5. The maximum absolute atomic E-state index is 13.2. The third-order valence-electron chi connectivity index (χ3n) is 5.76. The molecular formula is C26H34FN3O3S. The lowest BCUT2D eigenvalue weighted by Crippen LogP contribution is -2.45. The van der Waals surface area contributed by atoms with Crippen molar-refractivity contribution >= 4 is 28.5 Å². The van der Waals surface area contributed by atoms with Gasteiger partial charge in [-0.25, -0.2) is 13.3 Å². The van der Waals surface area contributed by atoms with Crippen LogP contribution in [0, 0.1) is 11.7 Å². The number of halogens is 1. The second-order valence-electron chi connectivity index (χ2n) is 9.91. The lowest BCUT2D eigenvalue weighted by atomic mass is 9.84. The predicted octanol–water partition coefficient (Wildman–Crippen LogP) is 4.94. The van der Waals surface area contributed by atoms with Gasteiger partial charge in [-0.2, -0.15) is 0 Å². The second kappa shape index (κ2) is 11.7. The summed E-state index contributed by atoms with van der Waals surface area (Å²) >= 11 is 0. The van der Waals surface area contributed by atoms with Crippen LogP contribution in [0.2, 0.25) is 0 Å². The van der Waals surface area contributed by atoms with Crippen molar-refractivity contribution in [2.24, 2.45) is 5.92 Å². The first kappa shape index (κ1) is 26.0. The standard InChI is InChI=1S/C26H34FN3O3S/c1-26(2,3)30-34(33)22-15-13-21(14-16-22)28-25(32)23(17-18-7-5-4-6-8-18)29-24(31)19-9-11-20(27)12-10-19/h9-16,18,23,30H,4-8,17H2,1-3H3,(H,28,32)(H,29,31). The number of amides is 2. The Balaban J connectivity index is 1.69. The van der Waals surface area contributed by atoms with Crippen LogP contribution < -0.4 is 15.4 Å². The normalized spacial score (nSPS) is 16.5. The maximum atomic E-state index is 13.2. The molecule has 0 aliphatic heterocycles. The first-order valence-electron chi connectivity index (χ1n) is 11.8. The molecule has 2 aromatic carbocycles. The fourth-order valence-electron chi connectivity index (χ4n) is 4.06. The van der Waals surface area contributed by atoms with E-state index in [4.69, 9.17) is 0 Å². The van der Waals surface area contributed by atoms with Gasteiger partial charge in [0.1, 0.15) is 22.8 Å². The molecular weight excluding hydrogens is 453 g/mol. The van der Waals surface area contributed by atoms with Crippen molar-refractivity contribution in [2.45, 2.75) is 75.8 Å². The molecule has 1 aliphatic rings. The van der Waals surface area contributed by atoms with Crippen LogP contribution in [0.1, 0.15) is 69.7 Å². The molecule has 1 saturated carbocycles. The second-order valence-corrected chi connectivity index (χ2v) is 11.1. The Morgan fingerprint density at radius 3 is 2.21 bits per heavy atom. The highest BCUT2D eigenvalue weighted by Gasteiger charge is 2.26. The summed E-state index contributed by atoms with van der Waals surface area (Å²) < 4.78 is 28.7. The van der Waals surface area contributed by atoms with Crippen LogP contribution in [-0.4, -0.2) is 27.6 Å². The third kappa shape index (κ3) is 8.02. The molecule has 0 aromatic heterocycles. The summed E-state index contributed by atoms with van der Waals surface area (Å²) in [6.07, 6.45) is 6.09. The molecule has 1 fully saturated rings. The van der Waals surface area contributed by atoms with Crippen LogP contribution in [0.3, 0.4) is 0 Å². The molecule has 0 bridgehead atoms. The van der Waals surface area contributed by atoms with Gasteiger partial charge < -0.3 is 10.6 Å². The van der Waals surface area contributed by atoms with Crippen LogP contribution in [0.5, 0.6) is 0 Å². The Hall–Kier alpha value is -2.58. The monoisotopic (exact) mass is 487 g/mol.